The van der Waals surface area contributed by atoms with Crippen LogP contribution in [0.3, 0.4) is 0 Å². The predicted octanol–water partition coefficient (Wildman–Crippen LogP) is 5.03. The Balaban J connectivity index is 2.49. The van der Waals surface area contributed by atoms with Gasteiger partial charge in [0.2, 0.25) is 0 Å². The Bertz CT molecular complexity index is 590. The third kappa shape index (κ3) is 2.43. The molecule has 2 N–H and O–H groups in total. The Hall–Kier alpha value is -0.540. The fourth-order valence-corrected chi connectivity index (χ4v) is 3.49. The minimum absolute atomic E-state index is 0.188. The maximum atomic E-state index is 6.33. The van der Waals surface area contributed by atoms with Crippen LogP contribution in [0.2, 0.25) is 10.0 Å². The zero-order chi connectivity index (χ0) is 13.4. The van der Waals surface area contributed by atoms with Gasteiger partial charge in [0.15, 0.2) is 0 Å². The smallest absolute Gasteiger partial charge is 0.0663 e. The summed E-state index contributed by atoms with van der Waals surface area (Å²) in [5.74, 6) is 0. The molecule has 1 heterocycles. The van der Waals surface area contributed by atoms with Crippen LogP contribution in [0, 0.1) is 20.8 Å². The molecular weight excluding hydrogens is 285 g/mol. The zero-order valence-electron chi connectivity index (χ0n) is 10.6. The molecule has 0 bridgehead atoms. The summed E-state index contributed by atoms with van der Waals surface area (Å²) in [4.78, 5) is 1.01. The fraction of sp³-hybridized carbons (Fsp3) is 0.286. The van der Waals surface area contributed by atoms with Gasteiger partial charge < -0.3 is 5.73 Å². The molecule has 1 nitrogen and oxygen atoms in total. The second kappa shape index (κ2) is 5.22. The summed E-state index contributed by atoms with van der Waals surface area (Å²) in [5.41, 5.74) is 10.6. The lowest BCUT2D eigenvalue weighted by molar-refractivity contribution is 0.880. The second-order valence-electron chi connectivity index (χ2n) is 4.53. The Morgan fingerprint density at radius 2 is 1.72 bits per heavy atom. The van der Waals surface area contributed by atoms with Crippen molar-refractivity contribution in [3.05, 3.63) is 54.7 Å². The summed E-state index contributed by atoms with van der Waals surface area (Å²) < 4.78 is 0. The van der Waals surface area contributed by atoms with Gasteiger partial charge in [-0.2, -0.15) is 0 Å². The highest BCUT2D eigenvalue weighted by molar-refractivity contribution is 7.10. The maximum absolute atomic E-state index is 6.33. The molecule has 0 amide bonds. The standard InChI is InChI=1S/C14H15Cl2NS/c1-7-5-11(15)8(2)4-10(7)13(17)14-12(16)9(3)6-18-14/h4-6,13H,17H2,1-3H3. The molecule has 0 radical (unpaired) electrons. The molecule has 0 aliphatic heterocycles. The number of hydrogen-bond donors (Lipinski definition) is 1. The van der Waals surface area contributed by atoms with Gasteiger partial charge in [-0.3, -0.25) is 0 Å². The van der Waals surface area contributed by atoms with Crippen molar-refractivity contribution in [1.82, 2.24) is 0 Å². The molecular formula is C14H15Cl2NS. The van der Waals surface area contributed by atoms with Crippen molar-refractivity contribution in [2.45, 2.75) is 26.8 Å². The molecule has 1 aromatic heterocycles. The third-order valence-corrected chi connectivity index (χ3v) is 5.29. The molecule has 1 atom stereocenters. The van der Waals surface area contributed by atoms with Crippen LogP contribution in [0.5, 0.6) is 0 Å². The van der Waals surface area contributed by atoms with Gasteiger partial charge in [0, 0.05) is 9.90 Å². The second-order valence-corrected chi connectivity index (χ2v) is 6.23. The van der Waals surface area contributed by atoms with Gasteiger partial charge in [-0.1, -0.05) is 29.3 Å². The van der Waals surface area contributed by atoms with Crippen LogP contribution >= 0.6 is 34.5 Å². The fourth-order valence-electron chi connectivity index (χ4n) is 1.94. The molecule has 0 fully saturated rings. The molecule has 0 aliphatic carbocycles. The van der Waals surface area contributed by atoms with Crippen molar-refractivity contribution in [3.63, 3.8) is 0 Å². The highest BCUT2D eigenvalue weighted by atomic mass is 35.5. The van der Waals surface area contributed by atoms with Crippen molar-refractivity contribution < 1.29 is 0 Å². The number of nitrogens with two attached hydrogens (primary N) is 1. The maximum Gasteiger partial charge on any atom is 0.0663 e. The van der Waals surface area contributed by atoms with Crippen molar-refractivity contribution in [2.75, 3.05) is 0 Å². The highest BCUT2D eigenvalue weighted by Gasteiger charge is 2.18. The van der Waals surface area contributed by atoms with E-state index < -0.39 is 0 Å². The molecule has 0 spiro atoms. The van der Waals surface area contributed by atoms with Crippen LogP contribution < -0.4 is 5.73 Å². The van der Waals surface area contributed by atoms with E-state index in [9.17, 15) is 0 Å². The van der Waals surface area contributed by atoms with Crippen LogP contribution in [0.1, 0.15) is 33.2 Å². The van der Waals surface area contributed by atoms with Gasteiger partial charge in [0.05, 0.1) is 11.1 Å². The first-order valence-corrected chi connectivity index (χ1v) is 7.31. The van der Waals surface area contributed by atoms with E-state index in [1.807, 2.05) is 38.3 Å². The lowest BCUT2D eigenvalue weighted by Crippen LogP contribution is -2.12. The van der Waals surface area contributed by atoms with E-state index in [-0.39, 0.29) is 6.04 Å². The third-order valence-electron chi connectivity index (χ3n) is 3.09. The monoisotopic (exact) mass is 299 g/mol. The van der Waals surface area contributed by atoms with E-state index in [0.717, 1.165) is 37.2 Å². The molecule has 4 heteroatoms. The molecule has 0 saturated heterocycles. The van der Waals surface area contributed by atoms with Gasteiger partial charge in [0.25, 0.3) is 0 Å². The zero-order valence-corrected chi connectivity index (χ0v) is 12.9. The minimum Gasteiger partial charge on any atom is -0.320 e. The molecule has 18 heavy (non-hydrogen) atoms. The number of benzene rings is 1. The van der Waals surface area contributed by atoms with E-state index in [4.69, 9.17) is 28.9 Å². The molecule has 2 rings (SSSR count). The summed E-state index contributed by atoms with van der Waals surface area (Å²) in [5, 5.41) is 3.59. The normalized spacial score (nSPS) is 12.8. The van der Waals surface area contributed by atoms with Crippen LogP contribution in [0.25, 0.3) is 0 Å². The summed E-state index contributed by atoms with van der Waals surface area (Å²) in [7, 11) is 0. The van der Waals surface area contributed by atoms with Crippen molar-refractivity contribution in [2.24, 2.45) is 5.73 Å². The van der Waals surface area contributed by atoms with Crippen molar-refractivity contribution >= 4 is 34.5 Å². The van der Waals surface area contributed by atoms with E-state index in [1.54, 1.807) is 11.3 Å². The number of thiophene rings is 1. The quantitative estimate of drug-likeness (QED) is 0.827. The lowest BCUT2D eigenvalue weighted by Gasteiger charge is -2.16. The Morgan fingerprint density at radius 3 is 2.28 bits per heavy atom. The molecule has 1 unspecified atom stereocenters. The van der Waals surface area contributed by atoms with E-state index in [1.165, 1.54) is 0 Å². The predicted molar refractivity (Wildman–Crippen MR) is 81.0 cm³/mol. The van der Waals surface area contributed by atoms with Crippen LogP contribution in [-0.4, -0.2) is 0 Å². The van der Waals surface area contributed by atoms with Gasteiger partial charge in [-0.25, -0.2) is 0 Å². The Morgan fingerprint density at radius 1 is 1.06 bits per heavy atom. The Kier molecular flexibility index (Phi) is 4.02. The van der Waals surface area contributed by atoms with Crippen molar-refractivity contribution in [3.8, 4) is 0 Å². The first-order chi connectivity index (χ1) is 8.41. The van der Waals surface area contributed by atoms with Crippen LogP contribution in [0.4, 0.5) is 0 Å². The summed E-state index contributed by atoms with van der Waals surface area (Å²) in [6.07, 6.45) is 0. The van der Waals surface area contributed by atoms with Crippen LogP contribution in [0.15, 0.2) is 17.5 Å². The summed E-state index contributed by atoms with van der Waals surface area (Å²) in [6.45, 7) is 6.00. The average Bonchev–Trinajstić information content (AvgIpc) is 2.64. The number of rotatable bonds is 2. The van der Waals surface area contributed by atoms with Crippen LogP contribution in [-0.2, 0) is 0 Å². The number of halogens is 2. The van der Waals surface area contributed by atoms with Gasteiger partial charge in [-0.15, -0.1) is 11.3 Å². The number of hydrogen-bond acceptors (Lipinski definition) is 2. The molecule has 2 aromatic rings. The topological polar surface area (TPSA) is 26.0 Å². The largest absolute Gasteiger partial charge is 0.320 e. The minimum atomic E-state index is -0.188. The first kappa shape index (κ1) is 13.9. The van der Waals surface area contributed by atoms with Gasteiger partial charge in [0.1, 0.15) is 0 Å². The molecule has 0 saturated carbocycles. The van der Waals surface area contributed by atoms with E-state index >= 15 is 0 Å². The number of aryl methyl sites for hydroxylation is 3. The molecule has 0 aliphatic rings. The van der Waals surface area contributed by atoms with Crippen molar-refractivity contribution in [1.29, 1.82) is 0 Å². The average molecular weight is 300 g/mol. The molecule has 1 aromatic carbocycles. The highest BCUT2D eigenvalue weighted by Crippen LogP contribution is 2.36. The van der Waals surface area contributed by atoms with Gasteiger partial charge in [-0.05, 0) is 54.5 Å². The first-order valence-electron chi connectivity index (χ1n) is 5.67. The van der Waals surface area contributed by atoms with Gasteiger partial charge >= 0.3 is 0 Å². The van der Waals surface area contributed by atoms with E-state index in [2.05, 4.69) is 0 Å². The Labute approximate surface area is 122 Å². The summed E-state index contributed by atoms with van der Waals surface area (Å²) >= 11 is 14.0. The molecule has 96 valence electrons. The lowest BCUT2D eigenvalue weighted by atomic mass is 9.98. The SMILES string of the molecule is Cc1cc(C(N)c2scc(C)c2Cl)c(C)cc1Cl. The summed E-state index contributed by atoms with van der Waals surface area (Å²) in [6, 6.07) is 3.82. The van der Waals surface area contributed by atoms with E-state index in [0.29, 0.717) is 0 Å².